The molecule has 1 N–H and O–H groups in total. The van der Waals surface area contributed by atoms with Gasteiger partial charge < -0.3 is 9.84 Å². The Labute approximate surface area is 110 Å². The van der Waals surface area contributed by atoms with E-state index in [0.29, 0.717) is 22.8 Å². The molecule has 0 bridgehead atoms. The Morgan fingerprint density at radius 2 is 2.28 bits per heavy atom. The zero-order valence-electron chi connectivity index (χ0n) is 9.90. The van der Waals surface area contributed by atoms with Gasteiger partial charge in [0.15, 0.2) is 12.4 Å². The highest BCUT2D eigenvalue weighted by atomic mass is 35.5. The van der Waals surface area contributed by atoms with E-state index in [2.05, 4.69) is 0 Å². The predicted molar refractivity (Wildman–Crippen MR) is 66.4 cm³/mol. The maximum absolute atomic E-state index is 12.0. The van der Waals surface area contributed by atoms with Gasteiger partial charge in [-0.1, -0.05) is 18.5 Å². The van der Waals surface area contributed by atoms with Crippen molar-refractivity contribution >= 4 is 23.4 Å². The molecule has 0 amide bonds. The minimum absolute atomic E-state index is 0.0211. The largest absolute Gasteiger partial charge is 0.482 e. The van der Waals surface area contributed by atoms with E-state index in [1.165, 1.54) is 6.07 Å². The van der Waals surface area contributed by atoms with Crippen LogP contribution in [0.15, 0.2) is 12.1 Å². The summed E-state index contributed by atoms with van der Waals surface area (Å²) in [5.74, 6) is -0.602. The van der Waals surface area contributed by atoms with E-state index in [1.54, 1.807) is 6.07 Å². The van der Waals surface area contributed by atoms with Gasteiger partial charge in [0.2, 0.25) is 0 Å². The van der Waals surface area contributed by atoms with E-state index in [-0.39, 0.29) is 11.7 Å². The first kappa shape index (κ1) is 12.9. The number of fused-ring (bicyclic) bond motifs is 1. The van der Waals surface area contributed by atoms with Crippen molar-refractivity contribution in [1.82, 2.24) is 0 Å². The summed E-state index contributed by atoms with van der Waals surface area (Å²) in [7, 11) is 0. The lowest BCUT2D eigenvalue weighted by molar-refractivity contribution is -0.139. The molecule has 4 nitrogen and oxygen atoms in total. The fourth-order valence-electron chi connectivity index (χ4n) is 2.19. The summed E-state index contributed by atoms with van der Waals surface area (Å²) in [5, 5.41) is 8.89. The average Bonchev–Trinajstić information content (AvgIpc) is 2.63. The number of Topliss-reactive ketones (excluding diaryl/α,β-unsaturated/α-hetero) is 1. The van der Waals surface area contributed by atoms with Crippen LogP contribution in [-0.2, 0) is 11.2 Å². The molecule has 1 unspecified atom stereocenters. The molecule has 5 heteroatoms. The second-order valence-corrected chi connectivity index (χ2v) is 4.70. The maximum Gasteiger partial charge on any atom is 0.341 e. The molecule has 1 aromatic carbocycles. The third-order valence-corrected chi connectivity index (χ3v) is 3.38. The molecule has 0 heterocycles. The Morgan fingerprint density at radius 1 is 1.56 bits per heavy atom. The van der Waals surface area contributed by atoms with Crippen molar-refractivity contribution in [3.05, 3.63) is 28.3 Å². The normalized spacial score (nSPS) is 17.7. The predicted octanol–water partition coefficient (Wildman–Crippen LogP) is 2.57. The van der Waals surface area contributed by atoms with E-state index in [1.807, 2.05) is 6.92 Å². The number of ketones is 1. The van der Waals surface area contributed by atoms with Crippen LogP contribution in [-0.4, -0.2) is 23.5 Å². The SMILES string of the molecule is CCC1Cc2cc(OCC(=O)O)cc(Cl)c2C1=O. The van der Waals surface area contributed by atoms with Crippen molar-refractivity contribution in [1.29, 1.82) is 0 Å². The number of aliphatic carboxylic acids is 1. The Hall–Kier alpha value is -1.55. The van der Waals surface area contributed by atoms with Crippen LogP contribution in [0.4, 0.5) is 0 Å². The second-order valence-electron chi connectivity index (χ2n) is 4.30. The summed E-state index contributed by atoms with van der Waals surface area (Å²) in [4.78, 5) is 22.4. The molecule has 0 fully saturated rings. The van der Waals surface area contributed by atoms with Crippen LogP contribution < -0.4 is 4.74 Å². The molecule has 1 aliphatic rings. The van der Waals surface area contributed by atoms with E-state index < -0.39 is 12.6 Å². The number of carbonyl (C=O) groups excluding carboxylic acids is 1. The highest BCUT2D eigenvalue weighted by molar-refractivity contribution is 6.34. The highest BCUT2D eigenvalue weighted by Crippen LogP contribution is 2.36. The van der Waals surface area contributed by atoms with Gasteiger partial charge in [-0.2, -0.15) is 0 Å². The molecular weight excluding hydrogens is 256 g/mol. The summed E-state index contributed by atoms with van der Waals surface area (Å²) in [5.41, 5.74) is 1.41. The minimum Gasteiger partial charge on any atom is -0.482 e. The number of hydrogen-bond donors (Lipinski definition) is 1. The third kappa shape index (κ3) is 2.34. The smallest absolute Gasteiger partial charge is 0.341 e. The lowest BCUT2D eigenvalue weighted by Gasteiger charge is -2.07. The van der Waals surface area contributed by atoms with Crippen molar-refractivity contribution in [3.8, 4) is 5.75 Å². The van der Waals surface area contributed by atoms with E-state index in [4.69, 9.17) is 21.4 Å². The number of carboxylic acids is 1. The quantitative estimate of drug-likeness (QED) is 0.912. The van der Waals surface area contributed by atoms with Gasteiger partial charge in [-0.05, 0) is 30.5 Å². The zero-order valence-corrected chi connectivity index (χ0v) is 10.7. The lowest BCUT2D eigenvalue weighted by Crippen LogP contribution is -2.09. The van der Waals surface area contributed by atoms with E-state index in [9.17, 15) is 9.59 Å². The molecular formula is C13H13ClO4. The van der Waals surface area contributed by atoms with Crippen LogP contribution in [0, 0.1) is 5.92 Å². The van der Waals surface area contributed by atoms with E-state index >= 15 is 0 Å². The van der Waals surface area contributed by atoms with Crippen LogP contribution >= 0.6 is 11.6 Å². The van der Waals surface area contributed by atoms with Crippen molar-refractivity contribution in [3.63, 3.8) is 0 Å². The first-order chi connectivity index (χ1) is 8.52. The molecule has 0 radical (unpaired) electrons. The molecule has 2 rings (SSSR count). The maximum atomic E-state index is 12.0. The fourth-order valence-corrected chi connectivity index (χ4v) is 2.52. The first-order valence-corrected chi connectivity index (χ1v) is 6.12. The van der Waals surface area contributed by atoms with Crippen LogP contribution in [0.2, 0.25) is 5.02 Å². The Bertz CT molecular complexity index is 510. The van der Waals surface area contributed by atoms with Crippen molar-refractivity contribution in [2.45, 2.75) is 19.8 Å². The standard InChI is InChI=1S/C13H13ClO4/c1-2-7-3-8-4-9(18-6-11(15)16)5-10(14)12(8)13(7)17/h4-5,7H,2-3,6H2,1H3,(H,15,16). The van der Waals surface area contributed by atoms with Gasteiger partial charge in [-0.25, -0.2) is 4.79 Å². The van der Waals surface area contributed by atoms with Crippen LogP contribution in [0.1, 0.15) is 29.3 Å². The number of benzene rings is 1. The highest BCUT2D eigenvalue weighted by Gasteiger charge is 2.31. The molecule has 1 aromatic rings. The number of carboxylic acid groups (broad SMARTS) is 1. The van der Waals surface area contributed by atoms with Gasteiger partial charge in [0.05, 0.1) is 5.02 Å². The first-order valence-electron chi connectivity index (χ1n) is 5.74. The monoisotopic (exact) mass is 268 g/mol. The summed E-state index contributed by atoms with van der Waals surface area (Å²) in [6.07, 6.45) is 1.42. The Balaban J connectivity index is 2.29. The number of rotatable bonds is 4. The van der Waals surface area contributed by atoms with Crippen LogP contribution in [0.5, 0.6) is 5.75 Å². The molecule has 1 aliphatic carbocycles. The molecule has 1 atom stereocenters. The Kier molecular flexibility index (Phi) is 3.57. The van der Waals surface area contributed by atoms with Crippen LogP contribution in [0.25, 0.3) is 0 Å². The molecule has 0 aliphatic heterocycles. The zero-order chi connectivity index (χ0) is 13.3. The van der Waals surface area contributed by atoms with Gasteiger partial charge in [0, 0.05) is 11.5 Å². The molecule has 18 heavy (non-hydrogen) atoms. The van der Waals surface area contributed by atoms with Crippen LogP contribution in [0.3, 0.4) is 0 Å². The topological polar surface area (TPSA) is 63.6 Å². The molecule has 96 valence electrons. The second kappa shape index (κ2) is 4.98. The molecule has 0 spiro atoms. The number of carbonyl (C=O) groups is 2. The average molecular weight is 269 g/mol. The van der Waals surface area contributed by atoms with E-state index in [0.717, 1.165) is 12.0 Å². The van der Waals surface area contributed by atoms with Gasteiger partial charge in [0.1, 0.15) is 5.75 Å². The molecule has 0 saturated carbocycles. The number of hydrogen-bond acceptors (Lipinski definition) is 3. The number of ether oxygens (including phenoxy) is 1. The summed E-state index contributed by atoms with van der Waals surface area (Å²) < 4.78 is 5.08. The van der Waals surface area contributed by atoms with Gasteiger partial charge in [0.25, 0.3) is 0 Å². The van der Waals surface area contributed by atoms with Crippen molar-refractivity contribution in [2.24, 2.45) is 5.92 Å². The van der Waals surface area contributed by atoms with Crippen molar-refractivity contribution < 1.29 is 19.4 Å². The third-order valence-electron chi connectivity index (χ3n) is 3.08. The van der Waals surface area contributed by atoms with Gasteiger partial charge in [-0.15, -0.1) is 0 Å². The van der Waals surface area contributed by atoms with Gasteiger partial charge >= 0.3 is 5.97 Å². The Morgan fingerprint density at radius 3 is 2.89 bits per heavy atom. The molecule has 0 saturated heterocycles. The molecule has 0 aromatic heterocycles. The van der Waals surface area contributed by atoms with Crippen molar-refractivity contribution in [2.75, 3.05) is 6.61 Å². The van der Waals surface area contributed by atoms with Gasteiger partial charge in [-0.3, -0.25) is 4.79 Å². The summed E-state index contributed by atoms with van der Waals surface area (Å²) in [6.45, 7) is 1.55. The summed E-state index contributed by atoms with van der Waals surface area (Å²) in [6, 6.07) is 3.21. The number of halogens is 1. The fraction of sp³-hybridized carbons (Fsp3) is 0.385. The minimum atomic E-state index is -1.05. The lowest BCUT2D eigenvalue weighted by atomic mass is 10.0. The summed E-state index contributed by atoms with van der Waals surface area (Å²) >= 11 is 6.06.